The number of rotatable bonds is 1. The van der Waals surface area contributed by atoms with Gasteiger partial charge in [-0.05, 0) is 12.1 Å². The highest BCUT2D eigenvalue weighted by atomic mass is 15.1. The van der Waals surface area contributed by atoms with Crippen LogP contribution in [-0.2, 0) is 0 Å². The number of fused-ring (bicyclic) bond motifs is 1. The quantitative estimate of drug-likeness (QED) is 0.703. The number of pyridine rings is 1. The third kappa shape index (κ3) is 1.62. The lowest BCUT2D eigenvalue weighted by Gasteiger charge is -2.15. The van der Waals surface area contributed by atoms with Crippen LogP contribution < -0.4 is 4.90 Å². The van der Waals surface area contributed by atoms with Crippen LogP contribution in [0.25, 0.3) is 10.9 Å². The van der Waals surface area contributed by atoms with Crippen molar-refractivity contribution in [1.29, 1.82) is 5.26 Å². The normalized spacial score (nSPS) is 9.93. The number of hydrogen-bond donors (Lipinski definition) is 0. The molecule has 1 aromatic carbocycles. The van der Waals surface area contributed by atoms with Gasteiger partial charge in [-0.15, -0.1) is 0 Å². The molecule has 74 valence electrons. The van der Waals surface area contributed by atoms with E-state index in [4.69, 9.17) is 5.26 Å². The van der Waals surface area contributed by atoms with Crippen molar-refractivity contribution >= 4 is 16.6 Å². The third-order valence-corrected chi connectivity index (χ3v) is 2.29. The van der Waals surface area contributed by atoms with Crippen molar-refractivity contribution in [2.45, 2.75) is 0 Å². The Bertz CT molecular complexity index is 538. The lowest BCUT2D eigenvalue weighted by molar-refractivity contribution is 1.13. The molecule has 0 bridgehead atoms. The first kappa shape index (κ1) is 9.47. The number of para-hydroxylation sites is 1. The number of nitrogens with zero attached hydrogens (tertiary/aromatic N) is 3. The first-order valence-electron chi connectivity index (χ1n) is 4.69. The third-order valence-electron chi connectivity index (χ3n) is 2.29. The zero-order chi connectivity index (χ0) is 10.8. The summed E-state index contributed by atoms with van der Waals surface area (Å²) in [7, 11) is 3.92. The highest BCUT2D eigenvalue weighted by molar-refractivity contribution is 5.92. The predicted octanol–water partition coefficient (Wildman–Crippen LogP) is 2.17. The summed E-state index contributed by atoms with van der Waals surface area (Å²) in [5.41, 5.74) is 2.34. The Morgan fingerprint density at radius 1 is 1.27 bits per heavy atom. The fourth-order valence-corrected chi connectivity index (χ4v) is 1.58. The number of aromatic nitrogens is 1. The van der Waals surface area contributed by atoms with E-state index in [1.165, 1.54) is 0 Å². The van der Waals surface area contributed by atoms with Crippen LogP contribution in [0.1, 0.15) is 5.69 Å². The van der Waals surface area contributed by atoms with Crippen LogP contribution in [0.5, 0.6) is 0 Å². The second-order valence-electron chi connectivity index (χ2n) is 3.55. The molecule has 0 radical (unpaired) electrons. The molecule has 2 rings (SSSR count). The van der Waals surface area contributed by atoms with Gasteiger partial charge in [-0.25, -0.2) is 4.98 Å². The molecular formula is C12H11N3. The second-order valence-corrected chi connectivity index (χ2v) is 3.55. The number of hydrogen-bond acceptors (Lipinski definition) is 3. The average molecular weight is 197 g/mol. The summed E-state index contributed by atoms with van der Waals surface area (Å²) in [6, 6.07) is 11.7. The fraction of sp³-hybridized carbons (Fsp3) is 0.167. The fourth-order valence-electron chi connectivity index (χ4n) is 1.58. The summed E-state index contributed by atoms with van der Waals surface area (Å²) in [5, 5.41) is 9.94. The monoisotopic (exact) mass is 197 g/mol. The summed E-state index contributed by atoms with van der Waals surface area (Å²) in [6.45, 7) is 0. The maximum Gasteiger partial charge on any atom is 0.143 e. The van der Waals surface area contributed by atoms with Crippen LogP contribution in [-0.4, -0.2) is 19.1 Å². The summed E-state index contributed by atoms with van der Waals surface area (Å²) in [6.07, 6.45) is 0. The van der Waals surface area contributed by atoms with E-state index in [-0.39, 0.29) is 0 Å². The van der Waals surface area contributed by atoms with Crippen molar-refractivity contribution in [3.05, 3.63) is 36.0 Å². The van der Waals surface area contributed by atoms with Gasteiger partial charge in [0.2, 0.25) is 0 Å². The Kier molecular flexibility index (Phi) is 2.26. The van der Waals surface area contributed by atoms with E-state index < -0.39 is 0 Å². The maximum absolute atomic E-state index is 8.87. The van der Waals surface area contributed by atoms with Gasteiger partial charge in [0.05, 0.1) is 5.52 Å². The molecular weight excluding hydrogens is 186 g/mol. The number of nitriles is 1. The van der Waals surface area contributed by atoms with E-state index in [0.29, 0.717) is 5.69 Å². The van der Waals surface area contributed by atoms with Gasteiger partial charge in [-0.2, -0.15) is 5.26 Å². The molecule has 0 aliphatic heterocycles. The topological polar surface area (TPSA) is 39.9 Å². The van der Waals surface area contributed by atoms with E-state index in [9.17, 15) is 0 Å². The van der Waals surface area contributed by atoms with Gasteiger partial charge in [-0.1, -0.05) is 18.2 Å². The van der Waals surface area contributed by atoms with Gasteiger partial charge < -0.3 is 4.90 Å². The van der Waals surface area contributed by atoms with E-state index in [2.05, 4.69) is 11.1 Å². The average Bonchev–Trinajstić information content (AvgIpc) is 2.27. The minimum atomic E-state index is 0.456. The van der Waals surface area contributed by atoms with E-state index >= 15 is 0 Å². The van der Waals surface area contributed by atoms with Crippen LogP contribution in [0.15, 0.2) is 30.3 Å². The zero-order valence-corrected chi connectivity index (χ0v) is 8.73. The molecule has 0 spiro atoms. The van der Waals surface area contributed by atoms with E-state index in [1.807, 2.05) is 49.3 Å². The molecule has 1 aromatic heterocycles. The molecule has 0 saturated carbocycles. The van der Waals surface area contributed by atoms with E-state index in [1.54, 1.807) is 0 Å². The molecule has 0 aliphatic rings. The molecule has 0 aliphatic carbocycles. The first-order valence-corrected chi connectivity index (χ1v) is 4.69. The van der Waals surface area contributed by atoms with Crippen molar-refractivity contribution in [1.82, 2.24) is 4.98 Å². The van der Waals surface area contributed by atoms with Crippen molar-refractivity contribution in [3.63, 3.8) is 0 Å². The van der Waals surface area contributed by atoms with Crippen LogP contribution in [0.2, 0.25) is 0 Å². The summed E-state index contributed by atoms with van der Waals surface area (Å²) in [5.74, 6) is 0. The predicted molar refractivity (Wildman–Crippen MR) is 60.8 cm³/mol. The SMILES string of the molecule is CN(C)c1cc(C#N)nc2ccccc12. The largest absolute Gasteiger partial charge is 0.377 e. The lowest BCUT2D eigenvalue weighted by atomic mass is 10.1. The lowest BCUT2D eigenvalue weighted by Crippen LogP contribution is -2.09. The highest BCUT2D eigenvalue weighted by Gasteiger charge is 2.06. The Labute approximate surface area is 88.6 Å². The zero-order valence-electron chi connectivity index (χ0n) is 8.73. The molecule has 0 amide bonds. The molecule has 0 unspecified atom stereocenters. The number of benzene rings is 1. The van der Waals surface area contributed by atoms with Gasteiger partial charge in [0.25, 0.3) is 0 Å². The molecule has 1 heterocycles. The molecule has 3 nitrogen and oxygen atoms in total. The summed E-state index contributed by atoms with van der Waals surface area (Å²) < 4.78 is 0. The Balaban J connectivity index is 2.82. The maximum atomic E-state index is 8.87. The van der Waals surface area contributed by atoms with Gasteiger partial charge in [0.1, 0.15) is 11.8 Å². The minimum Gasteiger partial charge on any atom is -0.377 e. The van der Waals surface area contributed by atoms with Crippen molar-refractivity contribution in [2.75, 3.05) is 19.0 Å². The first-order chi connectivity index (χ1) is 7.22. The van der Waals surface area contributed by atoms with Gasteiger partial charge in [0.15, 0.2) is 0 Å². The highest BCUT2D eigenvalue weighted by Crippen LogP contribution is 2.24. The van der Waals surface area contributed by atoms with Crippen molar-refractivity contribution in [3.8, 4) is 6.07 Å². The number of anilines is 1. The summed E-state index contributed by atoms with van der Waals surface area (Å²) >= 11 is 0. The Hall–Kier alpha value is -2.08. The summed E-state index contributed by atoms with van der Waals surface area (Å²) in [4.78, 5) is 6.24. The Morgan fingerprint density at radius 3 is 2.67 bits per heavy atom. The van der Waals surface area contributed by atoms with Gasteiger partial charge in [0, 0.05) is 25.2 Å². The van der Waals surface area contributed by atoms with Gasteiger partial charge in [-0.3, -0.25) is 0 Å². The Morgan fingerprint density at radius 2 is 2.00 bits per heavy atom. The molecule has 0 atom stereocenters. The standard InChI is InChI=1S/C12H11N3/c1-15(2)12-7-9(8-13)14-11-6-4-3-5-10(11)12/h3-7H,1-2H3. The molecule has 0 N–H and O–H groups in total. The molecule has 2 aromatic rings. The van der Waals surface area contributed by atoms with Gasteiger partial charge >= 0.3 is 0 Å². The van der Waals surface area contributed by atoms with Crippen molar-refractivity contribution < 1.29 is 0 Å². The molecule has 0 fully saturated rings. The molecule has 0 saturated heterocycles. The smallest absolute Gasteiger partial charge is 0.143 e. The van der Waals surface area contributed by atoms with E-state index in [0.717, 1.165) is 16.6 Å². The van der Waals surface area contributed by atoms with Crippen LogP contribution >= 0.6 is 0 Å². The van der Waals surface area contributed by atoms with Crippen LogP contribution in [0.4, 0.5) is 5.69 Å². The second kappa shape index (κ2) is 3.58. The van der Waals surface area contributed by atoms with Crippen molar-refractivity contribution in [2.24, 2.45) is 0 Å². The minimum absolute atomic E-state index is 0.456. The van der Waals surface area contributed by atoms with Crippen LogP contribution in [0.3, 0.4) is 0 Å². The molecule has 15 heavy (non-hydrogen) atoms. The molecule has 3 heteroatoms. The van der Waals surface area contributed by atoms with Crippen LogP contribution in [0, 0.1) is 11.3 Å².